The largest absolute Gasteiger partial charge is 0.458 e. The number of Topliss-reactive ketones (excluding diaryl/α,β-unsaturated/α-hetero) is 1. The lowest BCUT2D eigenvalue weighted by Gasteiger charge is -2.19. The van der Waals surface area contributed by atoms with Crippen LogP contribution in [0.5, 0.6) is 0 Å². The topological polar surface area (TPSA) is 128 Å². The minimum Gasteiger partial charge on any atom is -0.458 e. The molecular formula is C17H21N3O5. The first-order valence-electron chi connectivity index (χ1n) is 8.35. The number of rotatable bonds is 7. The second kappa shape index (κ2) is 8.01. The summed E-state index contributed by atoms with van der Waals surface area (Å²) in [7, 11) is 0. The maximum atomic E-state index is 12.3. The molecule has 1 saturated heterocycles. The Morgan fingerprint density at radius 3 is 2.32 bits per heavy atom. The molecule has 1 unspecified atom stereocenters. The van der Waals surface area contributed by atoms with Crippen LogP contribution in [-0.4, -0.2) is 47.3 Å². The van der Waals surface area contributed by atoms with Crippen LogP contribution in [0.15, 0.2) is 0 Å². The fourth-order valence-electron chi connectivity index (χ4n) is 3.37. The van der Waals surface area contributed by atoms with E-state index in [2.05, 4.69) is 0 Å². The first-order chi connectivity index (χ1) is 11.9. The Balaban J connectivity index is 1.81. The van der Waals surface area contributed by atoms with Crippen LogP contribution in [0.1, 0.15) is 39.0 Å². The van der Waals surface area contributed by atoms with Gasteiger partial charge in [-0.1, -0.05) is 12.8 Å². The molecule has 0 radical (unpaired) electrons. The van der Waals surface area contributed by atoms with Crippen molar-refractivity contribution in [3.63, 3.8) is 0 Å². The molecule has 1 N–H and O–H groups in total. The number of ether oxygens (including phenoxy) is 1. The molecule has 25 heavy (non-hydrogen) atoms. The summed E-state index contributed by atoms with van der Waals surface area (Å²) in [4.78, 5) is 49.1. The lowest BCUT2D eigenvalue weighted by molar-refractivity contribution is -0.149. The minimum atomic E-state index is -1.22. The number of nitrogens with one attached hydrogen (secondary N) is 1. The van der Waals surface area contributed by atoms with E-state index in [4.69, 9.17) is 15.4 Å². The molecule has 0 bridgehead atoms. The number of amides is 2. The average molecular weight is 347 g/mol. The van der Waals surface area contributed by atoms with Gasteiger partial charge in [0.15, 0.2) is 12.4 Å². The number of hydrogen-bond acceptors (Lipinski definition) is 7. The summed E-state index contributed by atoms with van der Waals surface area (Å²) in [5, 5.41) is 16.1. The Bertz CT molecular complexity index is 627. The van der Waals surface area contributed by atoms with E-state index in [0.717, 1.165) is 17.7 Å². The van der Waals surface area contributed by atoms with E-state index in [9.17, 15) is 19.2 Å². The van der Waals surface area contributed by atoms with Gasteiger partial charge in [0.1, 0.15) is 5.92 Å². The summed E-state index contributed by atoms with van der Waals surface area (Å²) >= 11 is 0. The van der Waals surface area contributed by atoms with E-state index in [0.29, 0.717) is 12.8 Å². The van der Waals surface area contributed by atoms with Crippen LogP contribution in [0, 0.1) is 34.5 Å². The summed E-state index contributed by atoms with van der Waals surface area (Å²) in [5.74, 6) is -3.56. The zero-order valence-corrected chi connectivity index (χ0v) is 14.1. The Labute approximate surface area is 145 Å². The SMILES string of the molecule is CC(=N)C(C#N)C(=O)COC(=O)CCN1C(=O)[C@H]2CCCC[C@@H]2C1=O. The number of esters is 1. The normalized spacial score (nSPS) is 23.6. The molecule has 1 saturated carbocycles. The highest BCUT2D eigenvalue weighted by Gasteiger charge is 2.47. The molecular weight excluding hydrogens is 326 g/mol. The Kier molecular flexibility index (Phi) is 6.02. The summed E-state index contributed by atoms with van der Waals surface area (Å²) in [5.41, 5.74) is -0.112. The number of ketones is 1. The van der Waals surface area contributed by atoms with Gasteiger partial charge in [0.25, 0.3) is 0 Å². The van der Waals surface area contributed by atoms with Crippen LogP contribution in [0.25, 0.3) is 0 Å². The molecule has 1 heterocycles. The monoisotopic (exact) mass is 347 g/mol. The van der Waals surface area contributed by atoms with Crippen molar-refractivity contribution in [3.8, 4) is 6.07 Å². The Morgan fingerprint density at radius 1 is 1.28 bits per heavy atom. The van der Waals surface area contributed by atoms with Gasteiger partial charge in [-0.3, -0.25) is 24.1 Å². The van der Waals surface area contributed by atoms with Gasteiger partial charge in [0, 0.05) is 12.3 Å². The molecule has 8 heteroatoms. The van der Waals surface area contributed by atoms with Crippen LogP contribution < -0.4 is 0 Å². The van der Waals surface area contributed by atoms with Crippen molar-refractivity contribution in [2.45, 2.75) is 39.0 Å². The zero-order valence-electron chi connectivity index (χ0n) is 14.1. The van der Waals surface area contributed by atoms with Crippen molar-refractivity contribution < 1.29 is 23.9 Å². The van der Waals surface area contributed by atoms with Crippen molar-refractivity contribution >= 4 is 29.3 Å². The van der Waals surface area contributed by atoms with Crippen LogP contribution >= 0.6 is 0 Å². The first kappa shape index (κ1) is 18.8. The molecule has 1 aliphatic carbocycles. The van der Waals surface area contributed by atoms with Crippen LogP contribution in [0.3, 0.4) is 0 Å². The first-order valence-corrected chi connectivity index (χ1v) is 8.35. The second-order valence-corrected chi connectivity index (χ2v) is 6.45. The molecule has 2 rings (SSSR count). The van der Waals surface area contributed by atoms with Crippen molar-refractivity contribution in [1.82, 2.24) is 4.90 Å². The predicted octanol–water partition coefficient (Wildman–Crippen LogP) is 0.843. The quantitative estimate of drug-likeness (QED) is 0.413. The summed E-state index contributed by atoms with van der Waals surface area (Å²) < 4.78 is 4.80. The molecule has 0 aromatic heterocycles. The van der Waals surface area contributed by atoms with Crippen molar-refractivity contribution in [2.24, 2.45) is 17.8 Å². The van der Waals surface area contributed by atoms with Crippen LogP contribution in [-0.2, 0) is 23.9 Å². The Morgan fingerprint density at radius 2 is 1.84 bits per heavy atom. The molecule has 0 aromatic rings. The van der Waals surface area contributed by atoms with E-state index in [-0.39, 0.29) is 42.3 Å². The number of hydrogen-bond donors (Lipinski definition) is 1. The predicted molar refractivity (Wildman–Crippen MR) is 85.3 cm³/mol. The van der Waals surface area contributed by atoms with Crippen LogP contribution in [0.4, 0.5) is 0 Å². The lowest BCUT2D eigenvalue weighted by atomic mass is 9.81. The smallest absolute Gasteiger partial charge is 0.308 e. The maximum absolute atomic E-state index is 12.3. The third kappa shape index (κ3) is 4.10. The number of likely N-dealkylation sites (tertiary alicyclic amines) is 1. The molecule has 0 aromatic carbocycles. The molecule has 1 aliphatic heterocycles. The molecule has 3 atom stereocenters. The molecule has 134 valence electrons. The van der Waals surface area contributed by atoms with Gasteiger partial charge < -0.3 is 10.1 Å². The summed E-state index contributed by atoms with van der Waals surface area (Å²) in [6.45, 7) is 0.682. The number of carbonyl (C=O) groups excluding carboxylic acids is 4. The van der Waals surface area contributed by atoms with Gasteiger partial charge in [0.05, 0.1) is 24.3 Å². The maximum Gasteiger partial charge on any atom is 0.308 e. The molecule has 2 fully saturated rings. The highest BCUT2D eigenvalue weighted by molar-refractivity contribution is 6.06. The highest BCUT2D eigenvalue weighted by atomic mass is 16.5. The van der Waals surface area contributed by atoms with Gasteiger partial charge in [0.2, 0.25) is 11.8 Å². The average Bonchev–Trinajstić information content (AvgIpc) is 2.83. The van der Waals surface area contributed by atoms with E-state index in [1.54, 1.807) is 6.07 Å². The van der Waals surface area contributed by atoms with E-state index < -0.39 is 24.3 Å². The third-order valence-corrected chi connectivity index (χ3v) is 4.73. The number of carbonyl (C=O) groups is 4. The highest BCUT2D eigenvalue weighted by Crippen LogP contribution is 2.37. The lowest BCUT2D eigenvalue weighted by Crippen LogP contribution is -2.34. The number of nitrogens with zero attached hydrogens (tertiary/aromatic N) is 2. The number of nitriles is 1. The molecule has 2 aliphatic rings. The van der Waals surface area contributed by atoms with Crippen LogP contribution in [0.2, 0.25) is 0 Å². The molecule has 2 amide bonds. The van der Waals surface area contributed by atoms with E-state index >= 15 is 0 Å². The van der Waals surface area contributed by atoms with E-state index in [1.165, 1.54) is 6.92 Å². The van der Waals surface area contributed by atoms with E-state index in [1.807, 2.05) is 0 Å². The zero-order chi connectivity index (χ0) is 18.6. The van der Waals surface area contributed by atoms with Crippen molar-refractivity contribution in [3.05, 3.63) is 0 Å². The Hall–Kier alpha value is -2.56. The van der Waals surface area contributed by atoms with Crippen molar-refractivity contribution in [2.75, 3.05) is 13.2 Å². The van der Waals surface area contributed by atoms with Gasteiger partial charge in [-0.2, -0.15) is 5.26 Å². The fourth-order valence-corrected chi connectivity index (χ4v) is 3.37. The standard InChI is InChI=1S/C17H21N3O5/c1-10(19)13(8-18)14(21)9-25-15(22)6-7-20-16(23)11-4-2-3-5-12(11)17(20)24/h11-13,19H,2-7,9H2,1H3/t11-,12-,13?/m0/s1. The van der Waals surface area contributed by atoms with Gasteiger partial charge in [-0.05, 0) is 19.8 Å². The summed E-state index contributed by atoms with van der Waals surface area (Å²) in [6, 6.07) is 1.68. The number of imide groups is 1. The second-order valence-electron chi connectivity index (χ2n) is 6.45. The fraction of sp³-hybridized carbons (Fsp3) is 0.647. The van der Waals surface area contributed by atoms with Gasteiger partial charge in [-0.15, -0.1) is 0 Å². The third-order valence-electron chi connectivity index (χ3n) is 4.73. The van der Waals surface area contributed by atoms with Crippen molar-refractivity contribution in [1.29, 1.82) is 10.7 Å². The minimum absolute atomic E-state index is 0.0526. The molecule has 8 nitrogen and oxygen atoms in total. The van der Waals surface area contributed by atoms with Gasteiger partial charge >= 0.3 is 5.97 Å². The molecule has 0 spiro atoms. The van der Waals surface area contributed by atoms with Gasteiger partial charge in [-0.25, -0.2) is 0 Å². The summed E-state index contributed by atoms with van der Waals surface area (Å²) in [6.07, 6.45) is 3.10. The number of fused-ring (bicyclic) bond motifs is 1.